The molecule has 1 rings (SSSR count). The number of hydrogen-bond acceptors (Lipinski definition) is 4. The topological polar surface area (TPSA) is 99.5 Å². The lowest BCUT2D eigenvalue weighted by Crippen LogP contribution is -2.30. The molecule has 1 heterocycles. The zero-order valence-corrected chi connectivity index (χ0v) is 9.52. The summed E-state index contributed by atoms with van der Waals surface area (Å²) in [5, 5.41) is 19.9. The van der Waals surface area contributed by atoms with Crippen LogP contribution in [0.1, 0.15) is 16.8 Å². The molecule has 92 valence electrons. The van der Waals surface area contributed by atoms with Gasteiger partial charge in [-0.05, 0) is 12.1 Å². The van der Waals surface area contributed by atoms with Gasteiger partial charge >= 0.3 is 5.97 Å². The molecule has 1 aromatic heterocycles. The fourth-order valence-corrected chi connectivity index (χ4v) is 1.30. The van der Waals surface area contributed by atoms with E-state index in [2.05, 4.69) is 10.3 Å². The summed E-state index contributed by atoms with van der Waals surface area (Å²) in [6, 6.07) is 3.06. The summed E-state index contributed by atoms with van der Waals surface area (Å²) in [6.07, 6.45) is -0.105. The van der Waals surface area contributed by atoms with Gasteiger partial charge in [-0.1, -0.05) is 11.6 Å². The van der Waals surface area contributed by atoms with E-state index in [1.807, 2.05) is 0 Å². The van der Waals surface area contributed by atoms with Crippen LogP contribution in [0.2, 0.25) is 5.15 Å². The summed E-state index contributed by atoms with van der Waals surface area (Å²) in [6.45, 7) is 0.0392. The quantitative estimate of drug-likeness (QED) is 0.660. The Hall–Kier alpha value is -1.66. The SMILES string of the molecule is O=C(NCC[C@H](O)C(=O)O)c1cccnc1Cl. The molecule has 0 aliphatic heterocycles. The molecule has 6 nitrogen and oxygen atoms in total. The molecule has 17 heavy (non-hydrogen) atoms. The number of aliphatic carboxylic acids is 1. The number of rotatable bonds is 5. The number of carbonyl (C=O) groups is 2. The Morgan fingerprint density at radius 1 is 1.53 bits per heavy atom. The van der Waals surface area contributed by atoms with Crippen LogP contribution in [0.25, 0.3) is 0 Å². The van der Waals surface area contributed by atoms with Crippen molar-refractivity contribution in [2.75, 3.05) is 6.54 Å². The van der Waals surface area contributed by atoms with Crippen LogP contribution in [0.15, 0.2) is 18.3 Å². The Balaban J connectivity index is 2.46. The summed E-state index contributed by atoms with van der Waals surface area (Å²) in [4.78, 5) is 25.6. The lowest BCUT2D eigenvalue weighted by atomic mass is 10.2. The molecule has 3 N–H and O–H groups in total. The number of hydrogen-bond donors (Lipinski definition) is 3. The number of carbonyl (C=O) groups excluding carboxylic acids is 1. The van der Waals surface area contributed by atoms with Crippen molar-refractivity contribution in [3.05, 3.63) is 29.0 Å². The normalized spacial score (nSPS) is 11.9. The molecule has 0 spiro atoms. The summed E-state index contributed by atoms with van der Waals surface area (Å²) in [5.74, 6) is -1.78. The van der Waals surface area contributed by atoms with Crippen LogP contribution in [0.4, 0.5) is 0 Å². The van der Waals surface area contributed by atoms with Crippen LogP contribution in [-0.4, -0.2) is 39.7 Å². The number of pyridine rings is 1. The average Bonchev–Trinajstić information content (AvgIpc) is 2.29. The van der Waals surface area contributed by atoms with Gasteiger partial charge in [0.15, 0.2) is 6.10 Å². The maximum atomic E-state index is 11.6. The first-order valence-corrected chi connectivity index (χ1v) is 5.19. The first-order chi connectivity index (χ1) is 8.02. The second-order valence-corrected chi connectivity index (χ2v) is 3.60. The number of aromatic nitrogens is 1. The minimum Gasteiger partial charge on any atom is -0.479 e. The predicted octanol–water partition coefficient (Wildman–Crippen LogP) is 0.300. The van der Waals surface area contributed by atoms with Gasteiger partial charge in [0.25, 0.3) is 5.91 Å². The molecule has 0 radical (unpaired) electrons. The van der Waals surface area contributed by atoms with Gasteiger partial charge in [-0.2, -0.15) is 0 Å². The van der Waals surface area contributed by atoms with Crippen LogP contribution in [-0.2, 0) is 4.79 Å². The minimum atomic E-state index is -1.49. The highest BCUT2D eigenvalue weighted by atomic mass is 35.5. The van der Waals surface area contributed by atoms with E-state index in [0.717, 1.165) is 0 Å². The second kappa shape index (κ2) is 6.17. The number of amides is 1. The Morgan fingerprint density at radius 3 is 2.82 bits per heavy atom. The average molecular weight is 259 g/mol. The molecule has 0 aliphatic carbocycles. The summed E-state index contributed by atoms with van der Waals surface area (Å²) in [7, 11) is 0. The molecule has 0 fully saturated rings. The molecule has 1 atom stereocenters. The number of aliphatic hydroxyl groups is 1. The summed E-state index contributed by atoms with van der Waals surface area (Å²) < 4.78 is 0. The molecule has 0 saturated carbocycles. The maximum Gasteiger partial charge on any atom is 0.332 e. The summed E-state index contributed by atoms with van der Waals surface area (Å²) in [5.41, 5.74) is 0.207. The summed E-state index contributed by atoms with van der Waals surface area (Å²) >= 11 is 5.70. The largest absolute Gasteiger partial charge is 0.479 e. The van der Waals surface area contributed by atoms with Crippen molar-refractivity contribution < 1.29 is 19.8 Å². The van der Waals surface area contributed by atoms with Gasteiger partial charge in [-0.15, -0.1) is 0 Å². The smallest absolute Gasteiger partial charge is 0.332 e. The van der Waals surface area contributed by atoms with Gasteiger partial charge in [-0.25, -0.2) is 9.78 Å². The number of aliphatic hydroxyl groups excluding tert-OH is 1. The lowest BCUT2D eigenvalue weighted by molar-refractivity contribution is -0.146. The minimum absolute atomic E-state index is 0.0392. The van der Waals surface area contributed by atoms with Crippen LogP contribution < -0.4 is 5.32 Å². The van der Waals surface area contributed by atoms with Crippen molar-refractivity contribution in [2.45, 2.75) is 12.5 Å². The number of nitrogens with one attached hydrogen (secondary N) is 1. The van der Waals surface area contributed by atoms with E-state index < -0.39 is 18.0 Å². The highest BCUT2D eigenvalue weighted by Gasteiger charge is 2.14. The number of nitrogens with zero attached hydrogens (tertiary/aromatic N) is 1. The molecule has 1 amide bonds. The van der Waals surface area contributed by atoms with Crippen LogP contribution >= 0.6 is 11.6 Å². The third-order valence-corrected chi connectivity index (χ3v) is 2.29. The lowest BCUT2D eigenvalue weighted by Gasteiger charge is -2.07. The zero-order valence-electron chi connectivity index (χ0n) is 8.76. The standard InChI is InChI=1S/C10H11ClN2O4/c11-8-6(2-1-4-12-8)9(15)13-5-3-7(14)10(16)17/h1-2,4,7,14H,3,5H2,(H,13,15)(H,16,17)/t7-/m0/s1. The predicted molar refractivity (Wildman–Crippen MR) is 59.8 cm³/mol. The second-order valence-electron chi connectivity index (χ2n) is 3.24. The molecule has 0 aromatic carbocycles. The van der Waals surface area contributed by atoms with Gasteiger partial charge in [-0.3, -0.25) is 4.79 Å². The van der Waals surface area contributed by atoms with E-state index in [0.29, 0.717) is 0 Å². The van der Waals surface area contributed by atoms with E-state index in [1.54, 1.807) is 6.07 Å². The van der Waals surface area contributed by atoms with E-state index in [-0.39, 0.29) is 23.7 Å². The van der Waals surface area contributed by atoms with Crippen LogP contribution in [0.5, 0.6) is 0 Å². The third-order valence-electron chi connectivity index (χ3n) is 1.99. The Labute approximate surface area is 102 Å². The van der Waals surface area contributed by atoms with Gasteiger partial charge in [0.05, 0.1) is 5.56 Å². The fraction of sp³-hybridized carbons (Fsp3) is 0.300. The highest BCUT2D eigenvalue weighted by molar-refractivity contribution is 6.32. The molecule has 0 unspecified atom stereocenters. The van der Waals surface area contributed by atoms with E-state index >= 15 is 0 Å². The van der Waals surface area contributed by atoms with Gasteiger partial charge in [0.2, 0.25) is 0 Å². The maximum absolute atomic E-state index is 11.6. The van der Waals surface area contributed by atoms with Gasteiger partial charge in [0.1, 0.15) is 5.15 Å². The molecule has 7 heteroatoms. The van der Waals surface area contributed by atoms with Crippen molar-refractivity contribution in [1.82, 2.24) is 10.3 Å². The van der Waals surface area contributed by atoms with Crippen molar-refractivity contribution in [1.29, 1.82) is 0 Å². The molecule has 0 saturated heterocycles. The van der Waals surface area contributed by atoms with Crippen molar-refractivity contribution in [2.24, 2.45) is 0 Å². The molecule has 0 bridgehead atoms. The van der Waals surface area contributed by atoms with Crippen LogP contribution in [0.3, 0.4) is 0 Å². The molecular weight excluding hydrogens is 248 g/mol. The zero-order chi connectivity index (χ0) is 12.8. The van der Waals surface area contributed by atoms with Gasteiger partial charge in [0, 0.05) is 19.2 Å². The van der Waals surface area contributed by atoms with Crippen LogP contribution in [0, 0.1) is 0 Å². The van der Waals surface area contributed by atoms with Gasteiger partial charge < -0.3 is 15.5 Å². The first-order valence-electron chi connectivity index (χ1n) is 4.82. The third kappa shape index (κ3) is 4.01. The fourth-order valence-electron chi connectivity index (χ4n) is 1.10. The number of halogens is 1. The number of carboxylic acid groups (broad SMARTS) is 1. The molecule has 1 aromatic rings. The van der Waals surface area contributed by atoms with E-state index in [9.17, 15) is 9.59 Å². The van der Waals surface area contributed by atoms with Crippen molar-refractivity contribution in [3.8, 4) is 0 Å². The Morgan fingerprint density at radius 2 is 2.24 bits per heavy atom. The van der Waals surface area contributed by atoms with E-state index in [4.69, 9.17) is 21.8 Å². The van der Waals surface area contributed by atoms with E-state index in [1.165, 1.54) is 12.3 Å². The van der Waals surface area contributed by atoms with Crippen molar-refractivity contribution >= 4 is 23.5 Å². The number of carboxylic acids is 1. The highest BCUT2D eigenvalue weighted by Crippen LogP contribution is 2.10. The Kier molecular flexibility index (Phi) is 4.86. The van der Waals surface area contributed by atoms with Crippen molar-refractivity contribution in [3.63, 3.8) is 0 Å². The monoisotopic (exact) mass is 258 g/mol. The molecule has 0 aliphatic rings. The Bertz CT molecular complexity index is 425. The molecular formula is C10H11ClN2O4. The first kappa shape index (κ1) is 13.4.